The van der Waals surface area contributed by atoms with Crippen LogP contribution in [0.4, 0.5) is 0 Å². The Kier molecular flexibility index (Phi) is 4.33. The molecule has 3 aromatic rings. The Morgan fingerprint density at radius 1 is 0.947 bits per heavy atom. The van der Waals surface area contributed by atoms with Crippen LogP contribution in [0.15, 0.2) is 47.3 Å². The van der Waals surface area contributed by atoms with Crippen LogP contribution in [0.2, 0.25) is 0 Å². The second kappa shape index (κ2) is 5.98. The molecule has 0 atom stereocenters. The summed E-state index contributed by atoms with van der Waals surface area (Å²) in [5.41, 5.74) is 1.38. The molecule has 0 aliphatic carbocycles. The van der Waals surface area contributed by atoms with E-state index >= 15 is 0 Å². The number of hydrogen-bond donors (Lipinski definition) is 0. The topological polar surface area (TPSA) is 17.1 Å². The van der Waals surface area contributed by atoms with Gasteiger partial charge in [0.25, 0.3) is 0 Å². The lowest BCUT2D eigenvalue weighted by molar-refractivity contribution is 1.15. The molecule has 0 N–H and O–H groups in total. The molecule has 2 heteroatoms. The third kappa shape index (κ3) is 2.54. The van der Waals surface area contributed by atoms with E-state index in [9.17, 15) is 4.79 Å². The number of fused-ring (bicyclic) bond motifs is 2. The molecular weight excluding hydrogens is 252 g/mol. The van der Waals surface area contributed by atoms with E-state index in [-0.39, 0.29) is 5.43 Å². The third-order valence-corrected chi connectivity index (χ3v) is 4.20. The first-order valence-electron chi connectivity index (χ1n) is 6.74. The minimum absolute atomic E-state index is 0.157. The lowest BCUT2D eigenvalue weighted by Crippen LogP contribution is -2.01. The zero-order valence-corrected chi connectivity index (χ0v) is 12.4. The maximum atomic E-state index is 12.4. The molecule has 1 aromatic heterocycles. The molecular formula is C17H18OS. The van der Waals surface area contributed by atoms with Crippen LogP contribution in [0.5, 0.6) is 0 Å². The lowest BCUT2D eigenvalue weighted by Gasteiger charge is -2.02. The normalized spacial score (nSPS) is 10.3. The Morgan fingerprint density at radius 2 is 1.63 bits per heavy atom. The molecule has 0 aliphatic rings. The summed E-state index contributed by atoms with van der Waals surface area (Å²) in [6.07, 6.45) is 0.965. The first-order chi connectivity index (χ1) is 9.29. The summed E-state index contributed by atoms with van der Waals surface area (Å²) in [5.74, 6) is 0. The fourth-order valence-corrected chi connectivity index (χ4v) is 3.12. The molecule has 0 unspecified atom stereocenters. The smallest absolute Gasteiger partial charge is 0.195 e. The minimum Gasteiger partial charge on any atom is -0.289 e. The number of aryl methyl sites for hydroxylation is 1. The highest BCUT2D eigenvalue weighted by Crippen LogP contribution is 2.25. The highest BCUT2D eigenvalue weighted by molar-refractivity contribution is 7.24. The summed E-state index contributed by atoms with van der Waals surface area (Å²) < 4.78 is 2.14. The van der Waals surface area contributed by atoms with Crippen molar-refractivity contribution in [3.05, 3.63) is 58.3 Å². The van der Waals surface area contributed by atoms with Crippen molar-refractivity contribution >= 4 is 31.5 Å². The van der Waals surface area contributed by atoms with Crippen molar-refractivity contribution in [2.45, 2.75) is 27.2 Å². The third-order valence-electron chi connectivity index (χ3n) is 3.05. The maximum Gasteiger partial charge on any atom is 0.195 e. The van der Waals surface area contributed by atoms with Gasteiger partial charge < -0.3 is 0 Å². The van der Waals surface area contributed by atoms with Crippen LogP contribution in [0.3, 0.4) is 0 Å². The SMILES string of the molecule is CC.CCc1ccc2sc3ccccc3c(=O)c2c1. The van der Waals surface area contributed by atoms with E-state index in [1.165, 1.54) is 5.56 Å². The molecule has 3 rings (SSSR count). The second-order valence-corrected chi connectivity index (χ2v) is 5.20. The van der Waals surface area contributed by atoms with Crippen LogP contribution in [0.25, 0.3) is 20.2 Å². The molecule has 0 bridgehead atoms. The van der Waals surface area contributed by atoms with Gasteiger partial charge in [0.05, 0.1) is 0 Å². The van der Waals surface area contributed by atoms with E-state index < -0.39 is 0 Å². The number of hydrogen-bond acceptors (Lipinski definition) is 2. The molecule has 0 fully saturated rings. The molecule has 0 spiro atoms. The fourth-order valence-electron chi connectivity index (χ4n) is 2.07. The summed E-state index contributed by atoms with van der Waals surface area (Å²) in [6.45, 7) is 6.11. The first kappa shape index (κ1) is 13.8. The first-order valence-corrected chi connectivity index (χ1v) is 7.55. The van der Waals surface area contributed by atoms with Gasteiger partial charge in [0.1, 0.15) is 0 Å². The zero-order valence-electron chi connectivity index (χ0n) is 11.6. The zero-order chi connectivity index (χ0) is 13.8. The number of rotatable bonds is 1. The highest BCUT2D eigenvalue weighted by Gasteiger charge is 2.05. The molecule has 1 nitrogen and oxygen atoms in total. The minimum atomic E-state index is 0.157. The van der Waals surface area contributed by atoms with E-state index in [1.807, 2.05) is 44.2 Å². The molecule has 1 heterocycles. The van der Waals surface area contributed by atoms with Gasteiger partial charge in [0, 0.05) is 20.2 Å². The van der Waals surface area contributed by atoms with Crippen LogP contribution < -0.4 is 5.43 Å². The molecule has 0 amide bonds. The van der Waals surface area contributed by atoms with Gasteiger partial charge in [-0.1, -0.05) is 39.0 Å². The average molecular weight is 270 g/mol. The Hall–Kier alpha value is -1.67. The van der Waals surface area contributed by atoms with Gasteiger partial charge in [-0.2, -0.15) is 0 Å². The van der Waals surface area contributed by atoms with Crippen LogP contribution >= 0.6 is 11.3 Å². The van der Waals surface area contributed by atoms with Gasteiger partial charge in [-0.25, -0.2) is 0 Å². The Labute approximate surface area is 117 Å². The second-order valence-electron chi connectivity index (χ2n) is 4.11. The van der Waals surface area contributed by atoms with Crippen LogP contribution in [0.1, 0.15) is 26.3 Å². The largest absolute Gasteiger partial charge is 0.289 e. The van der Waals surface area contributed by atoms with Crippen molar-refractivity contribution in [3.8, 4) is 0 Å². The summed E-state index contributed by atoms with van der Waals surface area (Å²) >= 11 is 1.68. The van der Waals surface area contributed by atoms with Gasteiger partial charge in [0.2, 0.25) is 0 Å². The molecule has 98 valence electrons. The van der Waals surface area contributed by atoms with Crippen LogP contribution in [-0.2, 0) is 6.42 Å². The summed E-state index contributed by atoms with van der Waals surface area (Å²) in [7, 11) is 0. The average Bonchev–Trinajstić information content (AvgIpc) is 2.49. The maximum absolute atomic E-state index is 12.4. The van der Waals surface area contributed by atoms with Gasteiger partial charge >= 0.3 is 0 Å². The fraction of sp³-hybridized carbons (Fsp3) is 0.235. The quantitative estimate of drug-likeness (QED) is 0.568. The van der Waals surface area contributed by atoms with Crippen molar-refractivity contribution in [1.29, 1.82) is 0 Å². The van der Waals surface area contributed by atoms with Crippen molar-refractivity contribution in [1.82, 2.24) is 0 Å². The van der Waals surface area contributed by atoms with Crippen molar-refractivity contribution in [2.75, 3.05) is 0 Å². The van der Waals surface area contributed by atoms with Gasteiger partial charge in [-0.3, -0.25) is 4.79 Å². The molecule has 0 radical (unpaired) electrons. The standard InChI is InChI=1S/C15H12OS.C2H6/c1-2-10-7-8-14-12(9-10)15(16)11-5-3-4-6-13(11)17-14;1-2/h3-9H,2H2,1H3;1-2H3. The van der Waals surface area contributed by atoms with Gasteiger partial charge in [-0.05, 0) is 36.2 Å². The van der Waals surface area contributed by atoms with E-state index in [4.69, 9.17) is 0 Å². The van der Waals surface area contributed by atoms with E-state index in [0.717, 1.165) is 26.6 Å². The Morgan fingerprint density at radius 3 is 2.37 bits per heavy atom. The van der Waals surface area contributed by atoms with Gasteiger partial charge in [0.15, 0.2) is 5.43 Å². The van der Waals surface area contributed by atoms with Crippen LogP contribution in [-0.4, -0.2) is 0 Å². The Bertz CT molecular complexity index is 756. The van der Waals surface area contributed by atoms with Crippen molar-refractivity contribution < 1.29 is 0 Å². The van der Waals surface area contributed by atoms with Crippen molar-refractivity contribution in [3.63, 3.8) is 0 Å². The molecule has 0 saturated heterocycles. The number of benzene rings is 2. The molecule has 2 aromatic carbocycles. The molecule has 19 heavy (non-hydrogen) atoms. The van der Waals surface area contributed by atoms with Crippen molar-refractivity contribution in [2.24, 2.45) is 0 Å². The van der Waals surface area contributed by atoms with E-state index in [1.54, 1.807) is 11.3 Å². The van der Waals surface area contributed by atoms with Gasteiger partial charge in [-0.15, -0.1) is 11.3 Å². The summed E-state index contributed by atoms with van der Waals surface area (Å²) in [4.78, 5) is 12.4. The lowest BCUT2D eigenvalue weighted by atomic mass is 10.1. The summed E-state index contributed by atoms with van der Waals surface area (Å²) in [6, 6.07) is 14.0. The molecule has 0 saturated carbocycles. The summed E-state index contributed by atoms with van der Waals surface area (Å²) in [5, 5.41) is 1.69. The highest BCUT2D eigenvalue weighted by atomic mass is 32.1. The van der Waals surface area contributed by atoms with E-state index in [2.05, 4.69) is 19.1 Å². The van der Waals surface area contributed by atoms with E-state index in [0.29, 0.717) is 0 Å². The predicted octanol–water partition coefficient (Wildman–Crippen LogP) is 5.00. The van der Waals surface area contributed by atoms with Crippen LogP contribution in [0, 0.1) is 0 Å². The Balaban J connectivity index is 0.000000637. The monoisotopic (exact) mass is 270 g/mol. The predicted molar refractivity (Wildman–Crippen MR) is 86.3 cm³/mol. The molecule has 0 aliphatic heterocycles.